The number of allylic oxidation sites excluding steroid dienone is 1. The number of nitrogens with zero attached hydrogens (tertiary/aromatic N) is 1. The molecule has 0 bridgehead atoms. The molecule has 1 aromatic carbocycles. The summed E-state index contributed by atoms with van der Waals surface area (Å²) in [6, 6.07) is 7.00. The molecular weight excluding hydrogens is 378 g/mol. The van der Waals surface area contributed by atoms with Gasteiger partial charge < -0.3 is 25.0 Å². The van der Waals surface area contributed by atoms with Gasteiger partial charge in [0.15, 0.2) is 5.11 Å². The molecule has 1 aliphatic carbocycles. The number of rotatable bonds is 7. The van der Waals surface area contributed by atoms with Crippen molar-refractivity contribution < 1.29 is 19.1 Å². The number of thiocarbonyl (C=S) groups is 1. The highest BCUT2D eigenvalue weighted by Gasteiger charge is 2.33. The van der Waals surface area contributed by atoms with Crippen molar-refractivity contribution in [2.24, 2.45) is 5.92 Å². The molecule has 1 aromatic rings. The zero-order valence-corrected chi connectivity index (χ0v) is 17.1. The van der Waals surface area contributed by atoms with E-state index < -0.39 is 12.0 Å². The highest BCUT2D eigenvalue weighted by atomic mass is 32.1. The summed E-state index contributed by atoms with van der Waals surface area (Å²) < 4.78 is 10.3. The fourth-order valence-electron chi connectivity index (χ4n) is 2.99. The van der Waals surface area contributed by atoms with E-state index in [1.807, 2.05) is 31.2 Å². The van der Waals surface area contributed by atoms with Crippen molar-refractivity contribution in [1.29, 1.82) is 0 Å². The number of esters is 1. The van der Waals surface area contributed by atoms with E-state index >= 15 is 0 Å². The summed E-state index contributed by atoms with van der Waals surface area (Å²) >= 11 is 5.40. The smallest absolute Gasteiger partial charge is 0.338 e. The van der Waals surface area contributed by atoms with Gasteiger partial charge in [-0.3, -0.25) is 4.79 Å². The van der Waals surface area contributed by atoms with E-state index in [2.05, 4.69) is 10.6 Å². The number of nitrogens with one attached hydrogen (secondary N) is 2. The minimum absolute atomic E-state index is 0.0597. The third kappa shape index (κ3) is 4.51. The second-order valence-electron chi connectivity index (χ2n) is 6.95. The van der Waals surface area contributed by atoms with Gasteiger partial charge >= 0.3 is 5.97 Å². The Hall–Kier alpha value is -2.45. The molecule has 0 saturated heterocycles. The van der Waals surface area contributed by atoms with E-state index in [4.69, 9.17) is 21.7 Å². The lowest BCUT2D eigenvalue weighted by Crippen LogP contribution is -2.46. The third-order valence-electron chi connectivity index (χ3n) is 4.95. The number of amides is 1. The number of benzene rings is 1. The Kier molecular flexibility index (Phi) is 6.31. The molecule has 1 aliphatic heterocycles. The number of carbonyl (C=O) groups excluding carboxylic acids is 2. The molecule has 8 heteroatoms. The van der Waals surface area contributed by atoms with Gasteiger partial charge in [0.1, 0.15) is 6.61 Å². The van der Waals surface area contributed by atoms with E-state index in [9.17, 15) is 9.59 Å². The Morgan fingerprint density at radius 3 is 2.54 bits per heavy atom. The summed E-state index contributed by atoms with van der Waals surface area (Å²) in [5.74, 6) is -0.205. The molecule has 0 unspecified atom stereocenters. The number of hydrogen-bond acceptors (Lipinski definition) is 5. The van der Waals surface area contributed by atoms with Gasteiger partial charge in [-0.1, -0.05) is 12.1 Å². The van der Waals surface area contributed by atoms with Gasteiger partial charge in [0.05, 0.1) is 18.2 Å². The lowest BCUT2D eigenvalue weighted by Gasteiger charge is -2.35. The standard InChI is InChI=1S/C20H25N3O4S/c1-12-16(19(25)27-11-10-26-3)17(22-20(28)23(12)2)13-6-8-15(9-7-13)21-18(24)14-4-5-14/h6-9,14,17H,4-5,10-11H2,1-3H3,(H,21,24)(H,22,28)/t17-/m0/s1. The SMILES string of the molecule is COCCOC(=O)C1=C(C)N(C)C(=S)N[C@H]1c1ccc(NC(=O)C2CC2)cc1. The maximum Gasteiger partial charge on any atom is 0.338 e. The van der Waals surface area contributed by atoms with E-state index in [1.54, 1.807) is 19.1 Å². The Bertz CT molecular complexity index is 802. The number of hydrogen-bond donors (Lipinski definition) is 2. The molecule has 150 valence electrons. The highest BCUT2D eigenvalue weighted by Crippen LogP contribution is 2.32. The van der Waals surface area contributed by atoms with E-state index in [0.29, 0.717) is 17.3 Å². The number of carbonyl (C=O) groups is 2. The molecule has 1 heterocycles. The summed E-state index contributed by atoms with van der Waals surface area (Å²) in [5, 5.41) is 6.65. The Morgan fingerprint density at radius 1 is 1.25 bits per heavy atom. The summed E-state index contributed by atoms with van der Waals surface area (Å²) in [4.78, 5) is 26.4. The fraction of sp³-hybridized carbons (Fsp3) is 0.450. The Morgan fingerprint density at radius 2 is 1.93 bits per heavy atom. The highest BCUT2D eigenvalue weighted by molar-refractivity contribution is 7.80. The molecule has 0 aromatic heterocycles. The van der Waals surface area contributed by atoms with Crippen LogP contribution in [-0.2, 0) is 19.1 Å². The molecule has 0 spiro atoms. The van der Waals surface area contributed by atoms with E-state index in [0.717, 1.165) is 29.8 Å². The molecule has 1 fully saturated rings. The van der Waals surface area contributed by atoms with Crippen LogP contribution in [0.5, 0.6) is 0 Å². The van der Waals surface area contributed by atoms with Crippen LogP contribution in [0, 0.1) is 5.92 Å². The predicted octanol–water partition coefficient (Wildman–Crippen LogP) is 2.36. The maximum absolute atomic E-state index is 12.7. The van der Waals surface area contributed by atoms with Gasteiger partial charge in [0.2, 0.25) is 5.91 Å². The van der Waals surface area contributed by atoms with Crippen molar-refractivity contribution in [1.82, 2.24) is 10.2 Å². The predicted molar refractivity (Wildman–Crippen MR) is 110 cm³/mol. The van der Waals surface area contributed by atoms with Crippen LogP contribution < -0.4 is 10.6 Å². The number of methoxy groups -OCH3 is 1. The first-order valence-corrected chi connectivity index (χ1v) is 9.65. The second kappa shape index (κ2) is 8.70. The van der Waals surface area contributed by atoms with E-state index in [1.165, 1.54) is 0 Å². The van der Waals surface area contributed by atoms with Crippen LogP contribution in [0.15, 0.2) is 35.5 Å². The zero-order valence-electron chi connectivity index (χ0n) is 16.3. The molecule has 2 aliphatic rings. The van der Waals surface area contributed by atoms with Gasteiger partial charge in [0, 0.05) is 31.5 Å². The van der Waals surface area contributed by atoms with Gasteiger partial charge in [-0.2, -0.15) is 0 Å². The van der Waals surface area contributed by atoms with Gasteiger partial charge in [-0.15, -0.1) is 0 Å². The average molecular weight is 404 g/mol. The van der Waals surface area contributed by atoms with E-state index in [-0.39, 0.29) is 18.4 Å². The minimum Gasteiger partial charge on any atom is -0.460 e. The normalized spacial score (nSPS) is 19.3. The van der Waals surface area contributed by atoms with Crippen molar-refractivity contribution in [3.8, 4) is 0 Å². The van der Waals surface area contributed by atoms with Crippen LogP contribution in [-0.4, -0.2) is 49.3 Å². The third-order valence-corrected chi connectivity index (χ3v) is 5.35. The first-order valence-electron chi connectivity index (χ1n) is 9.24. The van der Waals surface area contributed by atoms with Gasteiger partial charge in [0.25, 0.3) is 0 Å². The molecular formula is C20H25N3O4S. The van der Waals surface area contributed by atoms with Crippen molar-refractivity contribution in [2.45, 2.75) is 25.8 Å². The monoisotopic (exact) mass is 403 g/mol. The first kappa shape index (κ1) is 20.3. The summed E-state index contributed by atoms with van der Waals surface area (Å²) in [5.41, 5.74) is 2.84. The van der Waals surface area contributed by atoms with Crippen LogP contribution >= 0.6 is 12.2 Å². The molecule has 2 N–H and O–H groups in total. The van der Waals surface area contributed by atoms with Crippen LogP contribution in [0.25, 0.3) is 0 Å². The first-order chi connectivity index (χ1) is 13.4. The van der Waals surface area contributed by atoms with Crippen molar-refractivity contribution >= 4 is 34.9 Å². The topological polar surface area (TPSA) is 79.9 Å². The summed E-state index contributed by atoms with van der Waals surface area (Å²) in [7, 11) is 3.36. The molecule has 7 nitrogen and oxygen atoms in total. The largest absolute Gasteiger partial charge is 0.460 e. The van der Waals surface area contributed by atoms with Gasteiger partial charge in [-0.25, -0.2) is 4.79 Å². The van der Waals surface area contributed by atoms with Gasteiger partial charge in [-0.05, 0) is 49.7 Å². The molecule has 28 heavy (non-hydrogen) atoms. The van der Waals surface area contributed by atoms with Crippen molar-refractivity contribution in [3.63, 3.8) is 0 Å². The fourth-order valence-corrected chi connectivity index (χ4v) is 3.25. The molecule has 1 atom stereocenters. The van der Waals surface area contributed by atoms with Crippen LogP contribution in [0.3, 0.4) is 0 Å². The molecule has 3 rings (SSSR count). The van der Waals surface area contributed by atoms with Crippen molar-refractivity contribution in [2.75, 3.05) is 32.7 Å². The zero-order chi connectivity index (χ0) is 20.3. The molecule has 0 radical (unpaired) electrons. The Labute approximate surface area is 170 Å². The minimum atomic E-state index is -0.424. The molecule has 1 amide bonds. The second-order valence-corrected chi connectivity index (χ2v) is 7.34. The quantitative estimate of drug-likeness (QED) is 0.411. The van der Waals surface area contributed by atoms with Crippen LogP contribution in [0.2, 0.25) is 0 Å². The number of ether oxygens (including phenoxy) is 2. The Balaban J connectivity index is 1.81. The van der Waals surface area contributed by atoms with Crippen molar-refractivity contribution in [3.05, 3.63) is 41.1 Å². The maximum atomic E-state index is 12.7. The average Bonchev–Trinajstić information content (AvgIpc) is 3.52. The summed E-state index contributed by atoms with van der Waals surface area (Å²) in [6.45, 7) is 2.36. The van der Waals surface area contributed by atoms with Crippen LogP contribution in [0.4, 0.5) is 5.69 Å². The van der Waals surface area contributed by atoms with Crippen LogP contribution in [0.1, 0.15) is 31.4 Å². The lowest BCUT2D eigenvalue weighted by molar-refractivity contribution is -0.140. The molecule has 1 saturated carbocycles. The summed E-state index contributed by atoms with van der Waals surface area (Å²) in [6.07, 6.45) is 1.92. The number of anilines is 1. The lowest BCUT2D eigenvalue weighted by atomic mass is 9.95.